The largest absolute Gasteiger partial charge is 0.481 e. The molecule has 4 rings (SSSR count). The minimum absolute atomic E-state index is 0.0413. The van der Waals surface area contributed by atoms with E-state index in [1.54, 1.807) is 0 Å². The highest BCUT2D eigenvalue weighted by Gasteiger charge is 2.33. The molecule has 1 fully saturated rings. The third-order valence-corrected chi connectivity index (χ3v) is 7.08. The molecule has 0 heterocycles. The van der Waals surface area contributed by atoms with Gasteiger partial charge in [-0.15, -0.1) is 0 Å². The number of carbonyl (C=O) groups excluding carboxylic acids is 2. The molecule has 2 aromatic rings. The number of carbonyl (C=O) groups is 3. The highest BCUT2D eigenvalue weighted by Crippen LogP contribution is 2.44. The summed E-state index contributed by atoms with van der Waals surface area (Å²) in [6.07, 6.45) is 2.31. The summed E-state index contributed by atoms with van der Waals surface area (Å²) in [5.41, 5.74) is 4.57. The van der Waals surface area contributed by atoms with Gasteiger partial charge >= 0.3 is 12.1 Å². The molecule has 0 saturated heterocycles. The van der Waals surface area contributed by atoms with Gasteiger partial charge in [0.15, 0.2) is 0 Å². The average molecular weight is 479 g/mol. The van der Waals surface area contributed by atoms with Crippen molar-refractivity contribution in [2.75, 3.05) is 6.61 Å². The number of aliphatic carboxylic acids is 1. The van der Waals surface area contributed by atoms with Crippen molar-refractivity contribution in [3.8, 4) is 11.1 Å². The first-order valence-electron chi connectivity index (χ1n) is 12.5. The molecule has 0 aromatic heterocycles. The molecule has 7 heteroatoms. The van der Waals surface area contributed by atoms with E-state index in [2.05, 4.69) is 34.9 Å². The van der Waals surface area contributed by atoms with E-state index in [-0.39, 0.29) is 42.7 Å². The van der Waals surface area contributed by atoms with Gasteiger partial charge in [-0.2, -0.15) is 0 Å². The van der Waals surface area contributed by atoms with Crippen molar-refractivity contribution in [1.82, 2.24) is 10.6 Å². The quantitative estimate of drug-likeness (QED) is 0.485. The molecular formula is C28H34N2O5. The third kappa shape index (κ3) is 5.84. The second kappa shape index (κ2) is 10.9. The number of carboxylic acid groups (broad SMARTS) is 1. The molecule has 3 unspecified atom stereocenters. The second-order valence-corrected chi connectivity index (χ2v) is 10.1. The Morgan fingerprint density at radius 3 is 2.23 bits per heavy atom. The normalized spacial score (nSPS) is 19.6. The van der Waals surface area contributed by atoms with Gasteiger partial charge < -0.3 is 20.5 Å². The summed E-state index contributed by atoms with van der Waals surface area (Å²) in [6.45, 7) is 4.16. The van der Waals surface area contributed by atoms with Gasteiger partial charge in [-0.05, 0) is 53.4 Å². The summed E-state index contributed by atoms with van der Waals surface area (Å²) in [5, 5.41) is 14.9. The van der Waals surface area contributed by atoms with E-state index in [0.29, 0.717) is 6.42 Å². The molecule has 2 aliphatic rings. The zero-order valence-corrected chi connectivity index (χ0v) is 20.3. The van der Waals surface area contributed by atoms with E-state index in [9.17, 15) is 14.4 Å². The summed E-state index contributed by atoms with van der Waals surface area (Å²) in [7, 11) is 0. The molecule has 2 amide bonds. The first-order valence-corrected chi connectivity index (χ1v) is 12.5. The van der Waals surface area contributed by atoms with E-state index in [0.717, 1.165) is 41.5 Å². The van der Waals surface area contributed by atoms with Gasteiger partial charge in [-0.3, -0.25) is 9.59 Å². The maximum atomic E-state index is 13.1. The van der Waals surface area contributed by atoms with Crippen LogP contribution in [0.15, 0.2) is 48.5 Å². The van der Waals surface area contributed by atoms with Crippen molar-refractivity contribution in [3.05, 3.63) is 59.7 Å². The Balaban J connectivity index is 1.38. The minimum atomic E-state index is -0.855. The van der Waals surface area contributed by atoms with Gasteiger partial charge in [0.25, 0.3) is 0 Å². The van der Waals surface area contributed by atoms with Crippen molar-refractivity contribution in [2.45, 2.75) is 64.0 Å². The lowest BCUT2D eigenvalue weighted by Crippen LogP contribution is -2.51. The van der Waals surface area contributed by atoms with Crippen molar-refractivity contribution >= 4 is 18.0 Å². The number of benzene rings is 2. The number of carboxylic acids is 1. The number of hydrogen-bond donors (Lipinski definition) is 3. The second-order valence-electron chi connectivity index (χ2n) is 10.1. The predicted octanol–water partition coefficient (Wildman–Crippen LogP) is 4.70. The predicted molar refractivity (Wildman–Crippen MR) is 133 cm³/mol. The van der Waals surface area contributed by atoms with Crippen LogP contribution >= 0.6 is 0 Å². The zero-order valence-electron chi connectivity index (χ0n) is 20.3. The van der Waals surface area contributed by atoms with Gasteiger partial charge in [0.05, 0.1) is 6.42 Å². The highest BCUT2D eigenvalue weighted by molar-refractivity contribution is 5.86. The standard InChI is InChI=1S/C28H34N2O5/c1-17(2)14-25(27(33)29-24-13-7-8-18(24)15-26(31)32)30-28(34)35-16-23-21-11-5-3-9-19(21)20-10-4-6-12-22(20)23/h3-6,9-12,17-18,23-25H,7-8,13-16H2,1-2H3,(H,29,33)(H,30,34)(H,31,32). The molecule has 7 nitrogen and oxygen atoms in total. The fourth-order valence-electron chi connectivity index (χ4n) is 5.46. The molecule has 186 valence electrons. The topological polar surface area (TPSA) is 105 Å². The van der Waals surface area contributed by atoms with E-state index in [1.165, 1.54) is 0 Å². The van der Waals surface area contributed by atoms with Gasteiger partial charge in [-0.25, -0.2) is 4.79 Å². The van der Waals surface area contributed by atoms with E-state index in [1.807, 2.05) is 38.1 Å². The SMILES string of the molecule is CC(C)CC(NC(=O)OCC1c2ccccc2-c2ccccc21)C(=O)NC1CCCC1CC(=O)O. The van der Waals surface area contributed by atoms with Crippen molar-refractivity contribution in [2.24, 2.45) is 11.8 Å². The van der Waals surface area contributed by atoms with E-state index in [4.69, 9.17) is 9.84 Å². The van der Waals surface area contributed by atoms with Crippen LogP contribution in [0.3, 0.4) is 0 Å². The summed E-state index contributed by atoms with van der Waals surface area (Å²) in [5.74, 6) is -1.09. The lowest BCUT2D eigenvalue weighted by Gasteiger charge is -2.25. The first-order chi connectivity index (χ1) is 16.8. The molecule has 0 aliphatic heterocycles. The smallest absolute Gasteiger partial charge is 0.407 e. The van der Waals surface area contributed by atoms with Crippen LogP contribution in [0, 0.1) is 11.8 Å². The highest BCUT2D eigenvalue weighted by atomic mass is 16.5. The number of amides is 2. The van der Waals surface area contributed by atoms with Crippen LogP contribution in [-0.2, 0) is 14.3 Å². The van der Waals surface area contributed by atoms with Crippen LogP contribution in [0.2, 0.25) is 0 Å². The van der Waals surface area contributed by atoms with Crippen LogP contribution in [0.25, 0.3) is 11.1 Å². The number of nitrogens with one attached hydrogen (secondary N) is 2. The summed E-state index contributed by atoms with van der Waals surface area (Å²) in [6, 6.07) is 15.3. The molecule has 0 radical (unpaired) electrons. The van der Waals surface area contributed by atoms with Crippen LogP contribution < -0.4 is 10.6 Å². The number of hydrogen-bond acceptors (Lipinski definition) is 4. The maximum absolute atomic E-state index is 13.1. The lowest BCUT2D eigenvalue weighted by atomic mass is 9.98. The Morgan fingerprint density at radius 2 is 1.63 bits per heavy atom. The van der Waals surface area contributed by atoms with Crippen LogP contribution in [0.5, 0.6) is 0 Å². The van der Waals surface area contributed by atoms with Crippen LogP contribution in [0.4, 0.5) is 4.79 Å². The summed E-state index contributed by atoms with van der Waals surface area (Å²) in [4.78, 5) is 37.0. The third-order valence-electron chi connectivity index (χ3n) is 7.08. The van der Waals surface area contributed by atoms with E-state index < -0.39 is 18.1 Å². The number of ether oxygens (including phenoxy) is 1. The first kappa shape index (κ1) is 24.8. The molecule has 1 saturated carbocycles. The molecule has 3 N–H and O–H groups in total. The van der Waals surface area contributed by atoms with Gasteiger partial charge in [0.1, 0.15) is 12.6 Å². The van der Waals surface area contributed by atoms with Crippen LogP contribution in [-0.4, -0.2) is 41.8 Å². The summed E-state index contributed by atoms with van der Waals surface area (Å²) < 4.78 is 5.64. The monoisotopic (exact) mass is 478 g/mol. The van der Waals surface area contributed by atoms with E-state index >= 15 is 0 Å². The van der Waals surface area contributed by atoms with Gasteiger partial charge in [-0.1, -0.05) is 68.8 Å². The average Bonchev–Trinajstić information content (AvgIpc) is 3.38. The number of alkyl carbamates (subject to hydrolysis) is 1. The zero-order chi connectivity index (χ0) is 24.9. The summed E-state index contributed by atoms with van der Waals surface area (Å²) >= 11 is 0. The number of rotatable bonds is 9. The molecule has 2 aromatic carbocycles. The molecule has 0 bridgehead atoms. The minimum Gasteiger partial charge on any atom is -0.481 e. The van der Waals surface area contributed by atoms with Crippen molar-refractivity contribution in [1.29, 1.82) is 0 Å². The van der Waals surface area contributed by atoms with Crippen LogP contribution in [0.1, 0.15) is 63.0 Å². The molecule has 0 spiro atoms. The van der Waals surface area contributed by atoms with Crippen molar-refractivity contribution in [3.63, 3.8) is 0 Å². The molecule has 35 heavy (non-hydrogen) atoms. The number of fused-ring (bicyclic) bond motifs is 3. The van der Waals surface area contributed by atoms with Gasteiger partial charge in [0, 0.05) is 12.0 Å². The Morgan fingerprint density at radius 1 is 1.00 bits per heavy atom. The molecule has 2 aliphatic carbocycles. The molecular weight excluding hydrogens is 444 g/mol. The Labute approximate surface area is 206 Å². The fourth-order valence-corrected chi connectivity index (χ4v) is 5.46. The Kier molecular flexibility index (Phi) is 7.73. The fraction of sp³-hybridized carbons (Fsp3) is 0.464. The lowest BCUT2D eigenvalue weighted by molar-refractivity contribution is -0.138. The van der Waals surface area contributed by atoms with Gasteiger partial charge in [0.2, 0.25) is 5.91 Å². The molecule has 3 atom stereocenters. The Hall–Kier alpha value is -3.35. The maximum Gasteiger partial charge on any atom is 0.407 e. The van der Waals surface area contributed by atoms with Crippen molar-refractivity contribution < 1.29 is 24.2 Å². The Bertz CT molecular complexity index is 1040.